The van der Waals surface area contributed by atoms with Gasteiger partial charge < -0.3 is 10.2 Å². The molecule has 1 aliphatic heterocycles. The van der Waals surface area contributed by atoms with Gasteiger partial charge in [-0.3, -0.25) is 4.79 Å². The maximum atomic E-state index is 12.0. The maximum absolute atomic E-state index is 12.0. The van der Waals surface area contributed by atoms with Gasteiger partial charge in [-0.2, -0.15) is 0 Å². The second-order valence-corrected chi connectivity index (χ2v) is 5.61. The van der Waals surface area contributed by atoms with Crippen molar-refractivity contribution in [3.05, 3.63) is 0 Å². The van der Waals surface area contributed by atoms with Crippen molar-refractivity contribution in [2.24, 2.45) is 5.92 Å². The fourth-order valence-electron chi connectivity index (χ4n) is 3.12. The molecule has 2 rings (SSSR count). The lowest BCUT2D eigenvalue weighted by Crippen LogP contribution is -2.43. The molecule has 3 nitrogen and oxygen atoms in total. The molecule has 0 bridgehead atoms. The molecule has 1 heterocycles. The van der Waals surface area contributed by atoms with Crippen molar-refractivity contribution in [1.29, 1.82) is 0 Å². The van der Waals surface area contributed by atoms with E-state index >= 15 is 0 Å². The number of likely N-dealkylation sites (tertiary alicyclic amines) is 1. The summed E-state index contributed by atoms with van der Waals surface area (Å²) in [6.07, 6.45) is 8.82. The third-order valence-electron chi connectivity index (χ3n) is 4.37. The number of carbonyl (C=O) groups excluding carboxylic acids is 1. The van der Waals surface area contributed by atoms with Crippen LogP contribution >= 0.6 is 0 Å². The normalized spacial score (nSPS) is 29.6. The van der Waals surface area contributed by atoms with Crippen LogP contribution in [0.25, 0.3) is 0 Å². The van der Waals surface area contributed by atoms with Crippen LogP contribution in [0.5, 0.6) is 0 Å². The van der Waals surface area contributed by atoms with E-state index in [4.69, 9.17) is 0 Å². The minimum Gasteiger partial charge on any atom is -0.342 e. The van der Waals surface area contributed by atoms with Crippen LogP contribution in [0.15, 0.2) is 0 Å². The van der Waals surface area contributed by atoms with Crippen molar-refractivity contribution in [3.63, 3.8) is 0 Å². The van der Waals surface area contributed by atoms with Crippen LogP contribution in [0.1, 0.15) is 51.9 Å². The summed E-state index contributed by atoms with van der Waals surface area (Å²) in [5, 5.41) is 3.45. The summed E-state index contributed by atoms with van der Waals surface area (Å²) in [6.45, 7) is 4.78. The molecule has 17 heavy (non-hydrogen) atoms. The van der Waals surface area contributed by atoms with Crippen molar-refractivity contribution in [2.75, 3.05) is 19.6 Å². The summed E-state index contributed by atoms with van der Waals surface area (Å²) < 4.78 is 0. The first kappa shape index (κ1) is 12.9. The van der Waals surface area contributed by atoms with Crippen molar-refractivity contribution in [3.8, 4) is 0 Å². The highest BCUT2D eigenvalue weighted by Gasteiger charge is 2.24. The number of piperidine rings is 1. The molecule has 1 saturated carbocycles. The van der Waals surface area contributed by atoms with Gasteiger partial charge in [0.05, 0.1) is 6.54 Å². The van der Waals surface area contributed by atoms with Gasteiger partial charge in [0, 0.05) is 19.1 Å². The molecule has 2 fully saturated rings. The fourth-order valence-corrected chi connectivity index (χ4v) is 3.12. The molecular formula is C14H26N2O. The number of nitrogens with one attached hydrogen (secondary N) is 1. The molecule has 0 spiro atoms. The number of hydrogen-bond acceptors (Lipinski definition) is 2. The quantitative estimate of drug-likeness (QED) is 0.814. The minimum atomic E-state index is 0.310. The van der Waals surface area contributed by atoms with Crippen molar-refractivity contribution in [2.45, 2.75) is 57.9 Å². The van der Waals surface area contributed by atoms with E-state index in [0.29, 0.717) is 18.5 Å². The van der Waals surface area contributed by atoms with Crippen molar-refractivity contribution in [1.82, 2.24) is 10.2 Å². The number of carbonyl (C=O) groups is 1. The fraction of sp³-hybridized carbons (Fsp3) is 0.929. The van der Waals surface area contributed by atoms with E-state index in [0.717, 1.165) is 19.0 Å². The van der Waals surface area contributed by atoms with Crippen LogP contribution < -0.4 is 5.32 Å². The second kappa shape index (κ2) is 6.39. The first-order chi connectivity index (χ1) is 8.29. The van der Waals surface area contributed by atoms with E-state index in [1.807, 2.05) is 4.90 Å². The third kappa shape index (κ3) is 3.70. The van der Waals surface area contributed by atoms with Gasteiger partial charge in [-0.05, 0) is 44.4 Å². The van der Waals surface area contributed by atoms with Gasteiger partial charge in [0.15, 0.2) is 0 Å². The number of nitrogens with zero attached hydrogens (tertiary/aromatic N) is 1. The Morgan fingerprint density at radius 1 is 1.24 bits per heavy atom. The van der Waals surface area contributed by atoms with Crippen LogP contribution in [-0.4, -0.2) is 36.5 Å². The lowest BCUT2D eigenvalue weighted by molar-refractivity contribution is -0.131. The molecule has 1 aliphatic carbocycles. The summed E-state index contributed by atoms with van der Waals surface area (Å²) in [5.41, 5.74) is 0. The summed E-state index contributed by atoms with van der Waals surface area (Å²) in [6, 6.07) is 0.591. The Bertz CT molecular complexity index is 249. The van der Waals surface area contributed by atoms with Gasteiger partial charge in [0.1, 0.15) is 0 Å². The molecule has 0 aromatic heterocycles. The van der Waals surface area contributed by atoms with Crippen molar-refractivity contribution < 1.29 is 4.79 Å². The van der Waals surface area contributed by atoms with Crippen LogP contribution in [0, 0.1) is 5.92 Å². The molecule has 2 atom stereocenters. The molecule has 0 aromatic rings. The summed E-state index contributed by atoms with van der Waals surface area (Å²) >= 11 is 0. The monoisotopic (exact) mass is 238 g/mol. The van der Waals surface area contributed by atoms with Crippen LogP contribution in [0.3, 0.4) is 0 Å². The summed E-state index contributed by atoms with van der Waals surface area (Å²) in [5.74, 6) is 1.20. The molecule has 0 aromatic carbocycles. The lowest BCUT2D eigenvalue weighted by atomic mass is 10.1. The topological polar surface area (TPSA) is 32.3 Å². The zero-order valence-electron chi connectivity index (χ0n) is 11.1. The lowest BCUT2D eigenvalue weighted by Gasteiger charge is -2.27. The van der Waals surface area contributed by atoms with Crippen LogP contribution in [0.4, 0.5) is 0 Å². The van der Waals surface area contributed by atoms with Gasteiger partial charge >= 0.3 is 0 Å². The van der Waals surface area contributed by atoms with E-state index in [1.54, 1.807) is 0 Å². The first-order valence-electron chi connectivity index (χ1n) is 7.30. The van der Waals surface area contributed by atoms with Gasteiger partial charge in [0.2, 0.25) is 5.91 Å². The zero-order chi connectivity index (χ0) is 12.1. The van der Waals surface area contributed by atoms with Gasteiger partial charge in [-0.25, -0.2) is 0 Å². The van der Waals surface area contributed by atoms with E-state index in [1.165, 1.54) is 44.9 Å². The van der Waals surface area contributed by atoms with Crippen LogP contribution in [0.2, 0.25) is 0 Å². The Hall–Kier alpha value is -0.570. The molecule has 3 heteroatoms. The molecular weight excluding hydrogens is 212 g/mol. The molecule has 2 unspecified atom stereocenters. The Balaban J connectivity index is 1.65. The highest BCUT2D eigenvalue weighted by molar-refractivity contribution is 5.78. The average molecular weight is 238 g/mol. The third-order valence-corrected chi connectivity index (χ3v) is 4.37. The number of hydrogen-bond donors (Lipinski definition) is 1. The summed E-state index contributed by atoms with van der Waals surface area (Å²) in [7, 11) is 0. The highest BCUT2D eigenvalue weighted by Crippen LogP contribution is 2.27. The average Bonchev–Trinajstić information content (AvgIpc) is 2.85. The van der Waals surface area contributed by atoms with E-state index < -0.39 is 0 Å². The van der Waals surface area contributed by atoms with E-state index in [-0.39, 0.29) is 0 Å². The first-order valence-corrected chi connectivity index (χ1v) is 7.30. The smallest absolute Gasteiger partial charge is 0.236 e. The Morgan fingerprint density at radius 2 is 2.00 bits per heavy atom. The van der Waals surface area contributed by atoms with Crippen molar-refractivity contribution >= 4 is 5.91 Å². The Labute approximate surface area is 105 Å². The predicted molar refractivity (Wildman–Crippen MR) is 69.9 cm³/mol. The minimum absolute atomic E-state index is 0.310. The molecule has 2 aliphatic rings. The summed E-state index contributed by atoms with van der Waals surface area (Å²) in [4.78, 5) is 14.0. The second-order valence-electron chi connectivity index (χ2n) is 5.61. The van der Waals surface area contributed by atoms with E-state index in [9.17, 15) is 4.79 Å². The number of rotatable bonds is 4. The molecule has 98 valence electrons. The molecule has 1 N–H and O–H groups in total. The SMILES string of the molecule is CCC1CCC(NCC(=O)N2CCCCC2)C1. The largest absolute Gasteiger partial charge is 0.342 e. The van der Waals surface area contributed by atoms with Gasteiger partial charge in [-0.1, -0.05) is 13.3 Å². The van der Waals surface area contributed by atoms with Crippen LogP contribution in [-0.2, 0) is 4.79 Å². The zero-order valence-corrected chi connectivity index (χ0v) is 11.1. The standard InChI is InChI=1S/C14H26N2O/c1-2-12-6-7-13(10-12)15-11-14(17)16-8-4-3-5-9-16/h12-13,15H,2-11H2,1H3. The van der Waals surface area contributed by atoms with E-state index in [2.05, 4.69) is 12.2 Å². The molecule has 0 radical (unpaired) electrons. The Kier molecular flexibility index (Phi) is 4.84. The maximum Gasteiger partial charge on any atom is 0.236 e. The van der Waals surface area contributed by atoms with Gasteiger partial charge in [0.25, 0.3) is 0 Å². The Morgan fingerprint density at radius 3 is 2.65 bits per heavy atom. The highest BCUT2D eigenvalue weighted by atomic mass is 16.2. The molecule has 1 saturated heterocycles. The molecule has 1 amide bonds. The number of amides is 1. The predicted octanol–water partition coefficient (Wildman–Crippen LogP) is 2.17. The van der Waals surface area contributed by atoms with Gasteiger partial charge in [-0.15, -0.1) is 0 Å².